The van der Waals surface area contributed by atoms with Crippen LogP contribution in [-0.2, 0) is 0 Å². The van der Waals surface area contributed by atoms with Gasteiger partial charge in [-0.3, -0.25) is 9.20 Å². The minimum absolute atomic E-state index is 0.0760. The van der Waals surface area contributed by atoms with Crippen LogP contribution in [0, 0.1) is 19.8 Å². The summed E-state index contributed by atoms with van der Waals surface area (Å²) in [6.45, 7) is 5.02. The summed E-state index contributed by atoms with van der Waals surface area (Å²) in [7, 11) is 0. The molecule has 2 heterocycles. The molecular formula is C24H25F3N4O3. The van der Waals surface area contributed by atoms with Crippen LogP contribution in [-0.4, -0.2) is 32.7 Å². The van der Waals surface area contributed by atoms with Crippen LogP contribution in [0.15, 0.2) is 41.3 Å². The average Bonchev–Trinajstić information content (AvgIpc) is 3.59. The van der Waals surface area contributed by atoms with Gasteiger partial charge in [-0.05, 0) is 63.3 Å². The number of carboxylic acid groups (broad SMARTS) is 1. The van der Waals surface area contributed by atoms with E-state index >= 15 is 0 Å². The van der Waals surface area contributed by atoms with Crippen molar-refractivity contribution in [2.75, 3.05) is 10.6 Å². The maximum absolute atomic E-state index is 13.6. The number of fused-ring (bicyclic) bond motifs is 1. The number of carboxylic acids is 1. The van der Waals surface area contributed by atoms with Gasteiger partial charge in [0.05, 0.1) is 17.2 Å². The molecule has 34 heavy (non-hydrogen) atoms. The Bertz CT molecular complexity index is 1320. The number of aryl methyl sites for hydroxylation is 1. The van der Waals surface area contributed by atoms with Gasteiger partial charge in [-0.2, -0.15) is 13.2 Å². The van der Waals surface area contributed by atoms with Crippen molar-refractivity contribution in [2.45, 2.75) is 51.9 Å². The molecule has 3 aromatic rings. The molecule has 1 saturated carbocycles. The Morgan fingerprint density at radius 1 is 1.21 bits per heavy atom. The molecule has 1 fully saturated rings. The quantitative estimate of drug-likeness (QED) is 0.449. The summed E-state index contributed by atoms with van der Waals surface area (Å²) >= 11 is 0. The van der Waals surface area contributed by atoms with E-state index in [0.29, 0.717) is 24.1 Å². The van der Waals surface area contributed by atoms with Crippen molar-refractivity contribution >= 4 is 23.1 Å². The van der Waals surface area contributed by atoms with E-state index < -0.39 is 35.7 Å². The van der Waals surface area contributed by atoms with Crippen molar-refractivity contribution < 1.29 is 23.1 Å². The van der Waals surface area contributed by atoms with Crippen molar-refractivity contribution in [3.8, 4) is 0 Å². The summed E-state index contributed by atoms with van der Waals surface area (Å²) in [5.74, 6) is -1.73. The molecule has 1 aromatic carbocycles. The Morgan fingerprint density at radius 3 is 2.50 bits per heavy atom. The first kappa shape index (κ1) is 23.6. The fourth-order valence-corrected chi connectivity index (χ4v) is 4.11. The molecule has 2 aromatic heterocycles. The third-order valence-electron chi connectivity index (χ3n) is 6.05. The van der Waals surface area contributed by atoms with Gasteiger partial charge in [-0.15, -0.1) is 0 Å². The van der Waals surface area contributed by atoms with E-state index in [2.05, 4.69) is 15.6 Å². The highest BCUT2D eigenvalue weighted by Crippen LogP contribution is 2.41. The zero-order chi connectivity index (χ0) is 24.8. The van der Waals surface area contributed by atoms with Gasteiger partial charge in [0.25, 0.3) is 5.56 Å². The van der Waals surface area contributed by atoms with E-state index in [1.165, 1.54) is 17.4 Å². The van der Waals surface area contributed by atoms with Crippen LogP contribution >= 0.6 is 0 Å². The van der Waals surface area contributed by atoms with E-state index in [9.17, 15) is 27.9 Å². The van der Waals surface area contributed by atoms with Gasteiger partial charge in [-0.1, -0.05) is 12.1 Å². The molecular weight excluding hydrogens is 449 g/mol. The number of para-hydroxylation sites is 1. The maximum Gasteiger partial charge on any atom is 0.408 e. The van der Waals surface area contributed by atoms with Crippen molar-refractivity contribution in [1.29, 1.82) is 0 Å². The number of alkyl halides is 3. The van der Waals surface area contributed by atoms with Gasteiger partial charge in [0, 0.05) is 17.4 Å². The summed E-state index contributed by atoms with van der Waals surface area (Å²) in [6, 6.07) is 5.91. The molecule has 1 aliphatic carbocycles. The molecule has 0 aliphatic heterocycles. The number of hydrogen-bond donors (Lipinski definition) is 3. The zero-order valence-corrected chi connectivity index (χ0v) is 18.9. The van der Waals surface area contributed by atoms with Crippen LogP contribution in [0.3, 0.4) is 0 Å². The van der Waals surface area contributed by atoms with Crippen LogP contribution < -0.4 is 16.2 Å². The number of halogens is 3. The maximum atomic E-state index is 13.6. The molecule has 3 N–H and O–H groups in total. The van der Waals surface area contributed by atoms with Crippen LogP contribution in [0.5, 0.6) is 0 Å². The third-order valence-corrected chi connectivity index (χ3v) is 6.05. The van der Waals surface area contributed by atoms with Gasteiger partial charge in [0.2, 0.25) is 0 Å². The molecule has 2 atom stereocenters. The largest absolute Gasteiger partial charge is 0.478 e. The average molecular weight is 474 g/mol. The van der Waals surface area contributed by atoms with E-state index in [4.69, 9.17) is 0 Å². The highest BCUT2D eigenvalue weighted by Gasteiger charge is 2.49. The fourth-order valence-electron chi connectivity index (χ4n) is 4.11. The number of nitrogens with one attached hydrogen (secondary N) is 2. The lowest BCUT2D eigenvalue weighted by atomic mass is 10.1. The second kappa shape index (κ2) is 8.66. The summed E-state index contributed by atoms with van der Waals surface area (Å²) < 4.78 is 42.2. The minimum atomic E-state index is -4.47. The first-order valence-corrected chi connectivity index (χ1v) is 10.9. The minimum Gasteiger partial charge on any atom is -0.478 e. The number of aromatic carboxylic acids is 1. The van der Waals surface area contributed by atoms with E-state index in [1.807, 2.05) is 0 Å². The number of carbonyl (C=O) groups is 1. The molecule has 4 rings (SSSR count). The van der Waals surface area contributed by atoms with Gasteiger partial charge in [0.1, 0.15) is 17.5 Å². The van der Waals surface area contributed by atoms with Gasteiger partial charge in [-0.25, -0.2) is 9.78 Å². The zero-order valence-electron chi connectivity index (χ0n) is 18.9. The second-order valence-electron chi connectivity index (χ2n) is 8.77. The lowest BCUT2D eigenvalue weighted by Crippen LogP contribution is -2.39. The standard InChI is InChI=1S/C24H25F3N4O3/c1-12-10-17(14(3)28-18-7-5-4-6-16(18)23(33)34)21-30-20(13(2)22(32)31(21)11-12)29-19(15-8-9-15)24(25,26)27/h4-7,10-11,14-15,19,28-29H,8-9H2,1-3H3,(H,33,34)/t14-,19+/m1/s1. The molecule has 0 amide bonds. The predicted octanol–water partition coefficient (Wildman–Crippen LogP) is 4.94. The number of pyridine rings is 1. The predicted molar refractivity (Wildman–Crippen MR) is 123 cm³/mol. The Kier molecular flexibility index (Phi) is 6.01. The SMILES string of the molecule is Cc1cc([C@@H](C)Nc2ccccc2C(=O)O)c2nc(N[C@@H](C3CC3)C(F)(F)F)c(C)c(=O)n2c1. The molecule has 0 saturated heterocycles. The van der Waals surface area contributed by atoms with Crippen LogP contribution in [0.25, 0.3) is 5.65 Å². The molecule has 10 heteroatoms. The molecule has 0 bridgehead atoms. The number of nitrogens with zero attached hydrogens (tertiary/aromatic N) is 2. The number of benzene rings is 1. The number of aromatic nitrogens is 2. The molecule has 0 unspecified atom stereocenters. The normalized spacial score (nSPS) is 15.7. The van der Waals surface area contributed by atoms with Gasteiger partial charge >= 0.3 is 12.1 Å². The highest BCUT2D eigenvalue weighted by atomic mass is 19.4. The van der Waals surface area contributed by atoms with Crippen molar-refractivity contribution in [1.82, 2.24) is 9.38 Å². The topological polar surface area (TPSA) is 95.7 Å². The van der Waals surface area contributed by atoms with Gasteiger partial charge in [0.15, 0.2) is 0 Å². The Balaban J connectivity index is 1.80. The highest BCUT2D eigenvalue weighted by molar-refractivity contribution is 5.94. The van der Waals surface area contributed by atoms with Crippen LogP contribution in [0.4, 0.5) is 24.7 Å². The Hall–Kier alpha value is -3.56. The number of anilines is 2. The molecule has 1 aliphatic rings. The summed E-state index contributed by atoms with van der Waals surface area (Å²) in [5.41, 5.74) is 1.59. The monoisotopic (exact) mass is 474 g/mol. The summed E-state index contributed by atoms with van der Waals surface area (Å²) in [6.07, 6.45) is -1.94. The van der Waals surface area contributed by atoms with Crippen LogP contribution in [0.1, 0.15) is 52.9 Å². The number of hydrogen-bond acceptors (Lipinski definition) is 5. The van der Waals surface area contributed by atoms with Crippen LogP contribution in [0.2, 0.25) is 0 Å². The fraction of sp³-hybridized carbons (Fsp3) is 0.375. The second-order valence-corrected chi connectivity index (χ2v) is 8.77. The van der Waals surface area contributed by atoms with Crippen molar-refractivity contribution in [3.63, 3.8) is 0 Å². The molecule has 0 spiro atoms. The molecule has 180 valence electrons. The Morgan fingerprint density at radius 2 is 1.88 bits per heavy atom. The third kappa shape index (κ3) is 4.57. The lowest BCUT2D eigenvalue weighted by Gasteiger charge is -2.24. The van der Waals surface area contributed by atoms with Gasteiger partial charge < -0.3 is 15.7 Å². The van der Waals surface area contributed by atoms with E-state index in [1.54, 1.807) is 44.3 Å². The summed E-state index contributed by atoms with van der Waals surface area (Å²) in [5, 5.41) is 15.1. The lowest BCUT2D eigenvalue weighted by molar-refractivity contribution is -0.146. The Labute approximate surface area is 193 Å². The first-order chi connectivity index (χ1) is 16.0. The number of rotatable bonds is 7. The van der Waals surface area contributed by atoms with Crippen molar-refractivity contribution in [2.24, 2.45) is 5.92 Å². The summed E-state index contributed by atoms with van der Waals surface area (Å²) in [4.78, 5) is 29.1. The smallest absolute Gasteiger partial charge is 0.408 e. The van der Waals surface area contributed by atoms with Crippen molar-refractivity contribution in [3.05, 3.63) is 69.1 Å². The first-order valence-electron chi connectivity index (χ1n) is 10.9. The molecule has 0 radical (unpaired) electrons. The van der Waals surface area contributed by atoms with E-state index in [0.717, 1.165) is 5.56 Å². The van der Waals surface area contributed by atoms with E-state index in [-0.39, 0.29) is 22.6 Å². The molecule has 7 nitrogen and oxygen atoms in total.